The molecule has 146 valence electrons. The number of nitrogens with zero attached hydrogens (tertiary/aromatic N) is 2. The van der Waals surface area contributed by atoms with E-state index in [4.69, 9.17) is 0 Å². The third-order valence-electron chi connectivity index (χ3n) is 5.83. The minimum atomic E-state index is -1.02. The van der Waals surface area contributed by atoms with E-state index < -0.39 is 11.0 Å². The van der Waals surface area contributed by atoms with E-state index in [0.717, 1.165) is 17.7 Å². The van der Waals surface area contributed by atoms with E-state index in [1.54, 1.807) is 11.1 Å². The minimum absolute atomic E-state index is 0.0442. The lowest BCUT2D eigenvalue weighted by Crippen LogP contribution is -2.51. The molecule has 1 saturated heterocycles. The zero-order valence-corrected chi connectivity index (χ0v) is 16.5. The van der Waals surface area contributed by atoms with Crippen molar-refractivity contribution in [1.82, 2.24) is 5.01 Å². The van der Waals surface area contributed by atoms with Crippen LogP contribution in [0.3, 0.4) is 0 Å². The van der Waals surface area contributed by atoms with Gasteiger partial charge in [0.25, 0.3) is 0 Å². The SMILES string of the molecule is CCCC(=O)CC1(c2ccccc2)c2cc(F)ccc2N2CC(C)(C)C(=O)N21. The van der Waals surface area contributed by atoms with Crippen molar-refractivity contribution in [3.63, 3.8) is 0 Å². The second-order valence-corrected chi connectivity index (χ2v) is 8.41. The van der Waals surface area contributed by atoms with Crippen molar-refractivity contribution in [3.8, 4) is 0 Å². The molecule has 0 N–H and O–H groups in total. The molecule has 4 rings (SSSR count). The number of hydrogen-bond donors (Lipinski definition) is 0. The lowest BCUT2D eigenvalue weighted by Gasteiger charge is -2.39. The van der Waals surface area contributed by atoms with E-state index in [1.165, 1.54) is 12.1 Å². The van der Waals surface area contributed by atoms with Crippen LogP contribution in [0.15, 0.2) is 48.5 Å². The van der Waals surface area contributed by atoms with Gasteiger partial charge in [0.1, 0.15) is 17.1 Å². The lowest BCUT2D eigenvalue weighted by atomic mass is 9.77. The van der Waals surface area contributed by atoms with Crippen molar-refractivity contribution in [2.24, 2.45) is 5.41 Å². The maximum absolute atomic E-state index is 14.3. The van der Waals surface area contributed by atoms with E-state index in [0.29, 0.717) is 18.5 Å². The summed E-state index contributed by atoms with van der Waals surface area (Å²) in [6, 6.07) is 14.2. The molecule has 1 atom stereocenters. The first kappa shape index (κ1) is 18.7. The predicted molar refractivity (Wildman–Crippen MR) is 106 cm³/mol. The lowest BCUT2D eigenvalue weighted by molar-refractivity contribution is -0.140. The van der Waals surface area contributed by atoms with Gasteiger partial charge >= 0.3 is 0 Å². The normalized spacial score (nSPS) is 22.4. The molecular weight excluding hydrogens is 355 g/mol. The minimum Gasteiger partial charge on any atom is -0.300 e. The number of amides is 1. The summed E-state index contributed by atoms with van der Waals surface area (Å²) in [7, 11) is 0. The molecule has 5 heteroatoms. The van der Waals surface area contributed by atoms with Crippen LogP contribution in [0.1, 0.15) is 51.2 Å². The van der Waals surface area contributed by atoms with Gasteiger partial charge in [0.2, 0.25) is 5.91 Å². The number of benzene rings is 2. The Kier molecular flexibility index (Phi) is 4.29. The number of Topliss-reactive ketones (excluding diaryl/α,β-unsaturated/α-hetero) is 1. The second-order valence-electron chi connectivity index (χ2n) is 8.41. The van der Waals surface area contributed by atoms with Gasteiger partial charge in [-0.1, -0.05) is 37.3 Å². The fraction of sp³-hybridized carbons (Fsp3) is 0.391. The number of fused-ring (bicyclic) bond motifs is 3. The summed E-state index contributed by atoms with van der Waals surface area (Å²) in [4.78, 5) is 26.3. The number of carbonyl (C=O) groups is 2. The maximum atomic E-state index is 14.3. The van der Waals surface area contributed by atoms with Gasteiger partial charge in [-0.25, -0.2) is 9.40 Å². The number of hydrogen-bond acceptors (Lipinski definition) is 3. The van der Waals surface area contributed by atoms with E-state index in [-0.39, 0.29) is 23.9 Å². The zero-order valence-electron chi connectivity index (χ0n) is 16.5. The third kappa shape index (κ3) is 2.56. The van der Waals surface area contributed by atoms with Gasteiger partial charge < -0.3 is 0 Å². The molecule has 2 aliphatic rings. The largest absolute Gasteiger partial charge is 0.300 e. The quantitative estimate of drug-likeness (QED) is 0.770. The molecule has 1 amide bonds. The van der Waals surface area contributed by atoms with Crippen LogP contribution in [0.4, 0.5) is 10.1 Å². The molecule has 28 heavy (non-hydrogen) atoms. The Morgan fingerprint density at radius 3 is 2.54 bits per heavy atom. The Morgan fingerprint density at radius 1 is 1.14 bits per heavy atom. The summed E-state index contributed by atoms with van der Waals surface area (Å²) in [5.74, 6) is -0.339. The molecule has 0 aliphatic carbocycles. The Labute approximate surface area is 164 Å². The van der Waals surface area contributed by atoms with Crippen LogP contribution in [0.25, 0.3) is 0 Å². The molecule has 2 aliphatic heterocycles. The summed E-state index contributed by atoms with van der Waals surface area (Å²) in [5, 5.41) is 3.66. The first-order valence-corrected chi connectivity index (χ1v) is 9.80. The van der Waals surface area contributed by atoms with Crippen molar-refractivity contribution >= 4 is 17.4 Å². The number of rotatable bonds is 5. The smallest absolute Gasteiger partial charge is 0.249 e. The van der Waals surface area contributed by atoms with Crippen LogP contribution in [-0.2, 0) is 15.1 Å². The van der Waals surface area contributed by atoms with Crippen molar-refractivity contribution in [3.05, 3.63) is 65.5 Å². The van der Waals surface area contributed by atoms with E-state index in [2.05, 4.69) is 0 Å². The van der Waals surface area contributed by atoms with Gasteiger partial charge in [-0.15, -0.1) is 0 Å². The number of halogens is 1. The number of carbonyl (C=O) groups excluding carboxylic acids is 2. The van der Waals surface area contributed by atoms with Gasteiger partial charge in [0.05, 0.1) is 17.6 Å². The first-order valence-electron chi connectivity index (χ1n) is 9.80. The van der Waals surface area contributed by atoms with E-state index >= 15 is 0 Å². The molecule has 1 fully saturated rings. The van der Waals surface area contributed by atoms with Crippen LogP contribution in [-0.4, -0.2) is 23.2 Å². The Hall–Kier alpha value is -2.69. The number of anilines is 1. The topological polar surface area (TPSA) is 40.6 Å². The average Bonchev–Trinajstić information content (AvgIpc) is 3.05. The van der Waals surface area contributed by atoms with Crippen molar-refractivity contribution < 1.29 is 14.0 Å². The molecule has 0 radical (unpaired) electrons. The molecule has 1 unspecified atom stereocenters. The first-order chi connectivity index (χ1) is 13.3. The third-order valence-corrected chi connectivity index (χ3v) is 5.83. The molecule has 0 aromatic heterocycles. The Balaban J connectivity index is 2.01. The molecule has 4 nitrogen and oxygen atoms in total. The standard InChI is InChI=1S/C23H25FN2O2/c1-4-8-18(27)14-23(16-9-6-5-7-10-16)19-13-17(24)11-12-20(19)25-15-22(2,3)21(28)26(23)25/h5-7,9-13H,4,8,14-15H2,1-3H3. The highest BCUT2D eigenvalue weighted by Gasteiger charge is 2.60. The molecule has 0 bridgehead atoms. The van der Waals surface area contributed by atoms with Crippen molar-refractivity contribution in [2.75, 3.05) is 11.6 Å². The molecule has 2 aromatic rings. The summed E-state index contributed by atoms with van der Waals surface area (Å²) in [5.41, 5.74) is 0.718. The van der Waals surface area contributed by atoms with Gasteiger partial charge in [-0.05, 0) is 44.0 Å². The van der Waals surface area contributed by atoms with Crippen LogP contribution in [0.5, 0.6) is 0 Å². The predicted octanol–water partition coefficient (Wildman–Crippen LogP) is 4.43. The Bertz CT molecular complexity index is 941. The van der Waals surface area contributed by atoms with E-state index in [9.17, 15) is 14.0 Å². The van der Waals surface area contributed by atoms with Crippen molar-refractivity contribution in [2.45, 2.75) is 45.6 Å². The summed E-state index contributed by atoms with van der Waals surface area (Å²) < 4.78 is 14.3. The highest BCUT2D eigenvalue weighted by atomic mass is 19.1. The average molecular weight is 380 g/mol. The van der Waals surface area contributed by atoms with Crippen LogP contribution < -0.4 is 5.01 Å². The molecular formula is C23H25FN2O2. The van der Waals surface area contributed by atoms with Crippen LogP contribution in [0, 0.1) is 11.2 Å². The molecule has 0 spiro atoms. The fourth-order valence-corrected chi connectivity index (χ4v) is 4.58. The van der Waals surface area contributed by atoms with Gasteiger partial charge in [0.15, 0.2) is 0 Å². The second kappa shape index (κ2) is 6.43. The zero-order chi connectivity index (χ0) is 20.1. The Morgan fingerprint density at radius 2 is 1.86 bits per heavy atom. The molecule has 2 heterocycles. The van der Waals surface area contributed by atoms with Crippen LogP contribution >= 0.6 is 0 Å². The number of hydrazine groups is 1. The van der Waals surface area contributed by atoms with E-state index in [1.807, 2.05) is 56.1 Å². The fourth-order valence-electron chi connectivity index (χ4n) is 4.58. The highest BCUT2D eigenvalue weighted by Crippen LogP contribution is 2.55. The molecule has 0 saturated carbocycles. The number of ketones is 1. The van der Waals surface area contributed by atoms with Gasteiger partial charge in [-0.2, -0.15) is 0 Å². The van der Waals surface area contributed by atoms with Gasteiger partial charge in [0, 0.05) is 18.4 Å². The van der Waals surface area contributed by atoms with Crippen LogP contribution in [0.2, 0.25) is 0 Å². The maximum Gasteiger partial charge on any atom is 0.249 e. The summed E-state index contributed by atoms with van der Waals surface area (Å²) in [6.07, 6.45) is 1.31. The molecule has 2 aromatic carbocycles. The highest BCUT2D eigenvalue weighted by molar-refractivity contribution is 5.93. The summed E-state index contributed by atoms with van der Waals surface area (Å²) in [6.45, 7) is 6.30. The van der Waals surface area contributed by atoms with Gasteiger partial charge in [-0.3, -0.25) is 14.6 Å². The monoisotopic (exact) mass is 380 g/mol. The summed E-state index contributed by atoms with van der Waals surface area (Å²) >= 11 is 0. The van der Waals surface area contributed by atoms with Crippen molar-refractivity contribution in [1.29, 1.82) is 0 Å².